The number of hydrogen-bond acceptors (Lipinski definition) is 2. The zero-order chi connectivity index (χ0) is 8.27. The normalized spacial score (nSPS) is 10.5. The predicted molar refractivity (Wildman–Crippen MR) is 34.6 cm³/mol. The lowest BCUT2D eigenvalue weighted by Gasteiger charge is -1.95. The number of rotatable bonds is 2. The van der Waals surface area contributed by atoms with Crippen molar-refractivity contribution in [2.24, 2.45) is 0 Å². The summed E-state index contributed by atoms with van der Waals surface area (Å²) in [6, 6.07) is 1.11. The van der Waals surface area contributed by atoms with E-state index < -0.39 is 18.4 Å². The first-order chi connectivity index (χ1) is 5.18. The molecule has 3 nitrogen and oxygen atoms in total. The van der Waals surface area contributed by atoms with E-state index in [-0.39, 0.29) is 5.56 Å². The number of alkyl halides is 2. The highest BCUT2D eigenvalue weighted by Crippen LogP contribution is 2.02. The molecule has 0 amide bonds. The molecule has 1 rings (SSSR count). The summed E-state index contributed by atoms with van der Waals surface area (Å²) in [6.45, 7) is 0. The van der Waals surface area contributed by atoms with E-state index in [1.54, 1.807) is 0 Å². The highest BCUT2D eigenvalue weighted by Gasteiger charge is 2.04. The van der Waals surface area contributed by atoms with Gasteiger partial charge >= 0.3 is 0 Å². The SMILES string of the molecule is O=c1cc(CC(F)F)cn[nH]1. The second-order valence-corrected chi connectivity index (χ2v) is 2.05. The van der Waals surface area contributed by atoms with Crippen molar-refractivity contribution in [2.45, 2.75) is 12.8 Å². The fourth-order valence-electron chi connectivity index (χ4n) is 0.707. The Hall–Kier alpha value is -1.26. The summed E-state index contributed by atoms with van der Waals surface area (Å²) < 4.78 is 23.4. The van der Waals surface area contributed by atoms with Gasteiger partial charge in [-0.25, -0.2) is 13.9 Å². The maximum atomic E-state index is 11.7. The minimum Gasteiger partial charge on any atom is -0.268 e. The van der Waals surface area contributed by atoms with Gasteiger partial charge in [0.25, 0.3) is 5.56 Å². The molecule has 1 N–H and O–H groups in total. The topological polar surface area (TPSA) is 45.8 Å². The van der Waals surface area contributed by atoms with E-state index in [0.717, 1.165) is 6.07 Å². The number of H-pyrrole nitrogens is 1. The molecule has 60 valence electrons. The van der Waals surface area contributed by atoms with Crippen LogP contribution in [0.2, 0.25) is 0 Å². The summed E-state index contributed by atoms with van der Waals surface area (Å²) in [5, 5.41) is 5.46. The Morgan fingerprint density at radius 3 is 2.91 bits per heavy atom. The van der Waals surface area contributed by atoms with E-state index in [1.807, 2.05) is 0 Å². The summed E-state index contributed by atoms with van der Waals surface area (Å²) in [5.41, 5.74) is -0.202. The number of halogens is 2. The first-order valence-electron chi connectivity index (χ1n) is 3.00. The van der Waals surface area contributed by atoms with Gasteiger partial charge < -0.3 is 0 Å². The highest BCUT2D eigenvalue weighted by molar-refractivity contribution is 5.05. The smallest absolute Gasteiger partial charge is 0.264 e. The van der Waals surface area contributed by atoms with E-state index in [0.29, 0.717) is 0 Å². The molecule has 5 heteroatoms. The monoisotopic (exact) mass is 160 g/mol. The first-order valence-corrected chi connectivity index (χ1v) is 3.00. The van der Waals surface area contributed by atoms with Crippen LogP contribution >= 0.6 is 0 Å². The molecule has 11 heavy (non-hydrogen) atoms. The van der Waals surface area contributed by atoms with Crippen molar-refractivity contribution in [1.82, 2.24) is 10.2 Å². The fourth-order valence-corrected chi connectivity index (χ4v) is 0.707. The van der Waals surface area contributed by atoms with Gasteiger partial charge in [-0.05, 0) is 5.56 Å². The lowest BCUT2D eigenvalue weighted by atomic mass is 10.2. The van der Waals surface area contributed by atoms with Crippen LogP contribution in [0.25, 0.3) is 0 Å². The lowest BCUT2D eigenvalue weighted by molar-refractivity contribution is 0.149. The first kappa shape index (κ1) is 7.84. The minimum absolute atomic E-state index is 0.253. The summed E-state index contributed by atoms with van der Waals surface area (Å²) in [4.78, 5) is 10.5. The van der Waals surface area contributed by atoms with Gasteiger partial charge in [0, 0.05) is 12.5 Å². The van der Waals surface area contributed by atoms with Crippen molar-refractivity contribution >= 4 is 0 Å². The molecule has 1 heterocycles. The molecule has 0 aliphatic heterocycles. The molecule has 0 radical (unpaired) electrons. The zero-order valence-corrected chi connectivity index (χ0v) is 5.55. The third kappa shape index (κ3) is 2.45. The van der Waals surface area contributed by atoms with Crippen molar-refractivity contribution in [3.63, 3.8) is 0 Å². The molecule has 0 bridgehead atoms. The van der Waals surface area contributed by atoms with Crippen molar-refractivity contribution < 1.29 is 8.78 Å². The predicted octanol–water partition coefficient (Wildman–Crippen LogP) is 0.577. The quantitative estimate of drug-likeness (QED) is 0.687. The molecule has 0 fully saturated rings. The average Bonchev–Trinajstić information content (AvgIpc) is 1.85. The second-order valence-electron chi connectivity index (χ2n) is 2.05. The highest BCUT2D eigenvalue weighted by atomic mass is 19.3. The van der Waals surface area contributed by atoms with Crippen LogP contribution in [0.1, 0.15) is 5.56 Å². The molecule has 1 aromatic rings. The summed E-state index contributed by atoms with van der Waals surface area (Å²) in [5.74, 6) is 0. The van der Waals surface area contributed by atoms with Gasteiger partial charge in [0.1, 0.15) is 0 Å². The fraction of sp³-hybridized carbons (Fsp3) is 0.333. The van der Waals surface area contributed by atoms with Crippen LogP contribution < -0.4 is 5.56 Å². The largest absolute Gasteiger partial charge is 0.268 e. The molecule has 1 aromatic heterocycles. The molecule has 0 saturated heterocycles. The van der Waals surface area contributed by atoms with E-state index in [1.165, 1.54) is 6.20 Å². The Morgan fingerprint density at radius 2 is 2.36 bits per heavy atom. The third-order valence-electron chi connectivity index (χ3n) is 1.11. The Kier molecular flexibility index (Phi) is 2.30. The molecular weight excluding hydrogens is 154 g/mol. The molecule has 0 aliphatic rings. The Labute approximate surface area is 61.1 Å². The van der Waals surface area contributed by atoms with Crippen LogP contribution in [-0.2, 0) is 6.42 Å². The van der Waals surface area contributed by atoms with Gasteiger partial charge in [-0.3, -0.25) is 4.79 Å². The Bertz CT molecular complexity index is 284. The zero-order valence-electron chi connectivity index (χ0n) is 5.55. The van der Waals surface area contributed by atoms with Crippen molar-refractivity contribution in [3.05, 3.63) is 28.2 Å². The summed E-state index contributed by atoms with van der Waals surface area (Å²) in [6.07, 6.45) is -1.64. The van der Waals surface area contributed by atoms with Gasteiger partial charge in [-0.15, -0.1) is 0 Å². The van der Waals surface area contributed by atoms with Gasteiger partial charge in [0.05, 0.1) is 6.20 Å². The third-order valence-corrected chi connectivity index (χ3v) is 1.11. The van der Waals surface area contributed by atoms with Gasteiger partial charge in [0.2, 0.25) is 6.43 Å². The number of nitrogens with one attached hydrogen (secondary N) is 1. The number of aromatic nitrogens is 2. The van der Waals surface area contributed by atoms with E-state index >= 15 is 0 Å². The van der Waals surface area contributed by atoms with Gasteiger partial charge in [-0.1, -0.05) is 0 Å². The molecule has 0 atom stereocenters. The standard InChI is InChI=1S/C6H6F2N2O/c7-5(8)1-4-2-6(11)10-9-3-4/h2-3,5H,1H2,(H,10,11). The van der Waals surface area contributed by atoms with Gasteiger partial charge in [0.15, 0.2) is 0 Å². The van der Waals surface area contributed by atoms with Gasteiger partial charge in [-0.2, -0.15) is 5.10 Å². The van der Waals surface area contributed by atoms with Crippen molar-refractivity contribution in [3.8, 4) is 0 Å². The second kappa shape index (κ2) is 3.23. The summed E-state index contributed by atoms with van der Waals surface area (Å²) >= 11 is 0. The van der Waals surface area contributed by atoms with Crippen LogP contribution in [0.3, 0.4) is 0 Å². The van der Waals surface area contributed by atoms with Crippen LogP contribution in [0, 0.1) is 0 Å². The molecule has 0 spiro atoms. The molecule has 0 unspecified atom stereocenters. The van der Waals surface area contributed by atoms with E-state index in [4.69, 9.17) is 0 Å². The maximum Gasteiger partial charge on any atom is 0.264 e. The molecule has 0 aliphatic carbocycles. The van der Waals surface area contributed by atoms with E-state index in [2.05, 4.69) is 10.2 Å². The molecule has 0 saturated carbocycles. The van der Waals surface area contributed by atoms with Crippen molar-refractivity contribution in [1.29, 1.82) is 0 Å². The molecule has 0 aromatic carbocycles. The van der Waals surface area contributed by atoms with E-state index in [9.17, 15) is 13.6 Å². The lowest BCUT2D eigenvalue weighted by Crippen LogP contribution is -2.09. The van der Waals surface area contributed by atoms with Crippen molar-refractivity contribution in [2.75, 3.05) is 0 Å². The Morgan fingerprint density at radius 1 is 1.64 bits per heavy atom. The number of hydrogen-bond donors (Lipinski definition) is 1. The Balaban J connectivity index is 2.80. The van der Waals surface area contributed by atoms with Crippen LogP contribution in [0.4, 0.5) is 8.78 Å². The summed E-state index contributed by atoms with van der Waals surface area (Å²) in [7, 11) is 0. The van der Waals surface area contributed by atoms with Crippen LogP contribution in [0.15, 0.2) is 17.1 Å². The number of nitrogens with zero attached hydrogens (tertiary/aromatic N) is 1. The van der Waals surface area contributed by atoms with Crippen LogP contribution in [-0.4, -0.2) is 16.6 Å². The maximum absolute atomic E-state index is 11.7. The minimum atomic E-state index is -2.43. The van der Waals surface area contributed by atoms with Crippen LogP contribution in [0.5, 0.6) is 0 Å². The number of aromatic amines is 1. The average molecular weight is 160 g/mol. The molecular formula is C6H6F2N2O.